The van der Waals surface area contributed by atoms with E-state index >= 15 is 0 Å². The van der Waals surface area contributed by atoms with E-state index in [2.05, 4.69) is 20.5 Å². The number of hydrogen-bond acceptors (Lipinski definition) is 8. The smallest absolute Gasteiger partial charge is 0.236 e. The number of aromatic nitrogens is 3. The van der Waals surface area contributed by atoms with Gasteiger partial charge < -0.3 is 19.4 Å². The minimum Gasteiger partial charge on any atom is -0.497 e. The van der Waals surface area contributed by atoms with Crippen LogP contribution in [0.5, 0.6) is 11.5 Å². The Kier molecular flexibility index (Phi) is 6.62. The molecule has 1 aromatic heterocycles. The highest BCUT2D eigenvalue weighted by atomic mass is 32.2. The lowest BCUT2D eigenvalue weighted by molar-refractivity contribution is -0.117. The Hall–Kier alpha value is -2.20. The van der Waals surface area contributed by atoms with Crippen molar-refractivity contribution in [2.45, 2.75) is 18.2 Å². The zero-order valence-corrected chi connectivity index (χ0v) is 17.0. The van der Waals surface area contributed by atoms with E-state index in [0.29, 0.717) is 21.9 Å². The van der Waals surface area contributed by atoms with E-state index < -0.39 is 0 Å². The Morgan fingerprint density at radius 1 is 1.41 bits per heavy atom. The van der Waals surface area contributed by atoms with Gasteiger partial charge in [0.1, 0.15) is 11.5 Å². The molecule has 10 heteroatoms. The number of amides is 1. The highest BCUT2D eigenvalue weighted by molar-refractivity contribution is 8.14. The first-order valence-corrected chi connectivity index (χ1v) is 10.3. The third-order valence-corrected chi connectivity index (χ3v) is 5.66. The van der Waals surface area contributed by atoms with Crippen molar-refractivity contribution in [2.24, 2.45) is 12.0 Å². The summed E-state index contributed by atoms with van der Waals surface area (Å²) >= 11 is 2.88. The molecule has 0 aliphatic carbocycles. The molecule has 0 fully saturated rings. The number of carbonyl (C=O) groups is 1. The molecule has 0 bridgehead atoms. The van der Waals surface area contributed by atoms with Crippen LogP contribution in [0.1, 0.15) is 18.9 Å². The predicted octanol–water partition coefficient (Wildman–Crippen LogP) is 2.27. The summed E-state index contributed by atoms with van der Waals surface area (Å²) < 4.78 is 13.0. The fraction of sp³-hybridized carbons (Fsp3) is 0.412. The first kappa shape index (κ1) is 19.6. The normalized spacial score (nSPS) is 14.6. The van der Waals surface area contributed by atoms with Crippen molar-refractivity contribution in [3.63, 3.8) is 0 Å². The van der Waals surface area contributed by atoms with E-state index in [1.807, 2.05) is 42.8 Å². The number of aliphatic imine (C=N–C) groups is 1. The molecule has 2 heterocycles. The van der Waals surface area contributed by atoms with Crippen LogP contribution in [0, 0.1) is 0 Å². The maximum absolute atomic E-state index is 12.0. The van der Waals surface area contributed by atoms with Crippen LogP contribution in [0.4, 0.5) is 0 Å². The summed E-state index contributed by atoms with van der Waals surface area (Å²) in [6.07, 6.45) is -0.304. The van der Waals surface area contributed by atoms with Crippen LogP contribution in [0.15, 0.2) is 34.4 Å². The van der Waals surface area contributed by atoms with E-state index in [1.54, 1.807) is 18.9 Å². The molecule has 2 aromatic rings. The number of nitrogens with one attached hydrogen (secondary N) is 1. The first-order valence-electron chi connectivity index (χ1n) is 8.36. The monoisotopic (exact) mass is 407 g/mol. The largest absolute Gasteiger partial charge is 0.497 e. The number of nitrogens with zero attached hydrogens (tertiary/aromatic N) is 4. The average molecular weight is 408 g/mol. The number of hydrogen-bond donors (Lipinski definition) is 1. The predicted molar refractivity (Wildman–Crippen MR) is 107 cm³/mol. The van der Waals surface area contributed by atoms with E-state index in [1.165, 1.54) is 11.8 Å². The maximum Gasteiger partial charge on any atom is 0.236 e. The number of amidine groups is 1. The van der Waals surface area contributed by atoms with Crippen molar-refractivity contribution >= 4 is 34.6 Å². The molecular weight excluding hydrogens is 386 g/mol. The van der Waals surface area contributed by atoms with Gasteiger partial charge in [0.25, 0.3) is 0 Å². The quantitative estimate of drug-likeness (QED) is 0.704. The minimum atomic E-state index is -0.304. The third kappa shape index (κ3) is 5.16. The van der Waals surface area contributed by atoms with Crippen LogP contribution >= 0.6 is 23.5 Å². The molecule has 144 valence electrons. The van der Waals surface area contributed by atoms with Crippen LogP contribution in [0.3, 0.4) is 0 Å². The Bertz CT molecular complexity index is 840. The number of methoxy groups -OCH3 is 1. The van der Waals surface area contributed by atoms with E-state index in [0.717, 1.165) is 18.0 Å². The molecular formula is C17H21N5O3S2. The fourth-order valence-corrected chi connectivity index (χ4v) is 3.90. The number of thioether (sulfide) groups is 2. The summed E-state index contributed by atoms with van der Waals surface area (Å²) in [6, 6.07) is 7.40. The zero-order chi connectivity index (χ0) is 19.2. The topological polar surface area (TPSA) is 90.6 Å². The third-order valence-electron chi connectivity index (χ3n) is 3.75. The molecule has 1 atom stereocenters. The summed E-state index contributed by atoms with van der Waals surface area (Å²) in [5, 5.41) is 12.5. The molecule has 1 aliphatic heterocycles. The molecule has 8 nitrogen and oxygen atoms in total. The molecule has 3 rings (SSSR count). The lowest BCUT2D eigenvalue weighted by Gasteiger charge is -2.14. The van der Waals surface area contributed by atoms with Crippen molar-refractivity contribution in [1.29, 1.82) is 0 Å². The minimum absolute atomic E-state index is 0.0987. The SMILES string of the molecule is COc1cccc(OC(C)c2nnc(SCC(=O)NC3=NCCS3)n2C)c1. The molecule has 0 radical (unpaired) electrons. The van der Waals surface area contributed by atoms with Gasteiger partial charge in [-0.15, -0.1) is 10.2 Å². The maximum atomic E-state index is 12.0. The second-order valence-corrected chi connectivity index (χ2v) is 7.74. The molecule has 1 amide bonds. The van der Waals surface area contributed by atoms with Crippen molar-refractivity contribution < 1.29 is 14.3 Å². The number of rotatable bonds is 7. The highest BCUT2D eigenvalue weighted by Gasteiger charge is 2.19. The first-order chi connectivity index (χ1) is 13.1. The van der Waals surface area contributed by atoms with Crippen LogP contribution in [0.25, 0.3) is 0 Å². The zero-order valence-electron chi connectivity index (χ0n) is 15.3. The summed E-state index contributed by atoms with van der Waals surface area (Å²) in [6.45, 7) is 2.66. The Labute approximate surface area is 166 Å². The van der Waals surface area contributed by atoms with E-state index in [-0.39, 0.29) is 17.8 Å². The molecule has 1 aromatic carbocycles. The molecule has 27 heavy (non-hydrogen) atoms. The number of benzene rings is 1. The van der Waals surface area contributed by atoms with E-state index in [9.17, 15) is 4.79 Å². The molecule has 0 saturated carbocycles. The van der Waals surface area contributed by atoms with Gasteiger partial charge in [-0.2, -0.15) is 0 Å². The van der Waals surface area contributed by atoms with Gasteiger partial charge in [0.2, 0.25) is 5.91 Å². The van der Waals surface area contributed by atoms with Gasteiger partial charge >= 0.3 is 0 Å². The summed E-state index contributed by atoms with van der Waals surface area (Å²) in [5.41, 5.74) is 0. The van der Waals surface area contributed by atoms with Crippen LogP contribution in [-0.4, -0.2) is 51.0 Å². The van der Waals surface area contributed by atoms with Gasteiger partial charge in [-0.05, 0) is 19.1 Å². The molecule has 1 aliphatic rings. The van der Waals surface area contributed by atoms with Gasteiger partial charge in [0.05, 0.1) is 19.4 Å². The number of carbonyl (C=O) groups excluding carboxylic acids is 1. The van der Waals surface area contributed by atoms with Gasteiger partial charge in [-0.25, -0.2) is 0 Å². The summed E-state index contributed by atoms with van der Waals surface area (Å²) in [4.78, 5) is 16.2. The van der Waals surface area contributed by atoms with Gasteiger partial charge in [-0.1, -0.05) is 29.6 Å². The van der Waals surface area contributed by atoms with Crippen molar-refractivity contribution in [1.82, 2.24) is 20.1 Å². The van der Waals surface area contributed by atoms with Gasteiger partial charge in [0, 0.05) is 18.9 Å². The molecule has 0 saturated heterocycles. The van der Waals surface area contributed by atoms with Crippen LogP contribution in [-0.2, 0) is 11.8 Å². The van der Waals surface area contributed by atoms with Gasteiger partial charge in [0.15, 0.2) is 22.3 Å². The highest BCUT2D eigenvalue weighted by Crippen LogP contribution is 2.26. The molecule has 0 spiro atoms. The fourth-order valence-electron chi connectivity index (χ4n) is 2.43. The van der Waals surface area contributed by atoms with Crippen molar-refractivity contribution in [2.75, 3.05) is 25.2 Å². The second kappa shape index (κ2) is 9.14. The van der Waals surface area contributed by atoms with Crippen LogP contribution in [0.2, 0.25) is 0 Å². The standard InChI is InChI=1S/C17H21N5O3S2/c1-11(25-13-6-4-5-12(9-13)24-3)15-20-21-17(22(15)2)27-10-14(23)19-16-18-7-8-26-16/h4-6,9,11H,7-8,10H2,1-3H3,(H,18,19,23). The molecule has 1 N–H and O–H groups in total. The Balaban J connectivity index is 1.57. The second-order valence-electron chi connectivity index (χ2n) is 5.71. The lowest BCUT2D eigenvalue weighted by Crippen LogP contribution is -2.29. The Morgan fingerprint density at radius 3 is 2.96 bits per heavy atom. The van der Waals surface area contributed by atoms with Crippen molar-refractivity contribution in [3.8, 4) is 11.5 Å². The molecule has 1 unspecified atom stereocenters. The van der Waals surface area contributed by atoms with Gasteiger partial charge in [-0.3, -0.25) is 9.79 Å². The average Bonchev–Trinajstić information content (AvgIpc) is 3.30. The lowest BCUT2D eigenvalue weighted by atomic mass is 10.3. The Morgan fingerprint density at radius 2 is 2.22 bits per heavy atom. The number of ether oxygens (including phenoxy) is 2. The summed E-state index contributed by atoms with van der Waals surface area (Å²) in [7, 11) is 3.47. The summed E-state index contributed by atoms with van der Waals surface area (Å²) in [5.74, 6) is 3.16. The van der Waals surface area contributed by atoms with E-state index in [4.69, 9.17) is 9.47 Å². The van der Waals surface area contributed by atoms with Crippen molar-refractivity contribution in [3.05, 3.63) is 30.1 Å². The van der Waals surface area contributed by atoms with Crippen LogP contribution < -0.4 is 14.8 Å².